The van der Waals surface area contributed by atoms with Crippen LogP contribution in [0.4, 0.5) is 5.69 Å². The number of nitrogens with one attached hydrogen (secondary N) is 2. The summed E-state index contributed by atoms with van der Waals surface area (Å²) in [6.45, 7) is 7.41. The van der Waals surface area contributed by atoms with Crippen molar-refractivity contribution >= 4 is 33.4 Å². The number of rotatable bonds is 8. The number of amides is 2. The average molecular weight is 432 g/mol. The standard InChI is InChI=1S/C21H26BrN3O2/c1-4-25(5-2)21(27)17-7-6-8-19(13-17)24-20(26)14-23-15(3)16-9-11-18(22)12-10-16/h6-13,15,23H,4-5,14H2,1-3H3,(H,24,26)/t15-/m0/s1. The van der Waals surface area contributed by atoms with E-state index in [1.54, 1.807) is 29.2 Å². The van der Waals surface area contributed by atoms with Crippen LogP contribution in [0.2, 0.25) is 0 Å². The normalized spacial score (nSPS) is 11.7. The van der Waals surface area contributed by atoms with E-state index in [0.717, 1.165) is 10.0 Å². The molecular formula is C21H26BrN3O2. The summed E-state index contributed by atoms with van der Waals surface area (Å²) in [6, 6.07) is 15.1. The fourth-order valence-corrected chi connectivity index (χ4v) is 3.01. The number of carbonyl (C=O) groups excluding carboxylic acids is 2. The van der Waals surface area contributed by atoms with E-state index in [0.29, 0.717) is 24.3 Å². The average Bonchev–Trinajstić information content (AvgIpc) is 2.67. The van der Waals surface area contributed by atoms with Crippen molar-refractivity contribution in [3.63, 3.8) is 0 Å². The predicted octanol–water partition coefficient (Wildman–Crippen LogP) is 4.22. The molecule has 2 aromatic carbocycles. The molecule has 0 aromatic heterocycles. The zero-order valence-electron chi connectivity index (χ0n) is 16.0. The Kier molecular flexibility index (Phi) is 8.00. The highest BCUT2D eigenvalue weighted by atomic mass is 79.9. The molecule has 0 aliphatic rings. The highest BCUT2D eigenvalue weighted by molar-refractivity contribution is 9.10. The first-order valence-corrected chi connectivity index (χ1v) is 9.92. The van der Waals surface area contributed by atoms with Crippen LogP contribution in [0.5, 0.6) is 0 Å². The van der Waals surface area contributed by atoms with E-state index in [4.69, 9.17) is 0 Å². The second kappa shape index (κ2) is 10.2. The molecule has 0 bridgehead atoms. The molecule has 0 radical (unpaired) electrons. The van der Waals surface area contributed by atoms with Gasteiger partial charge in [0.2, 0.25) is 5.91 Å². The topological polar surface area (TPSA) is 61.4 Å². The van der Waals surface area contributed by atoms with Gasteiger partial charge in [-0.3, -0.25) is 9.59 Å². The predicted molar refractivity (Wildman–Crippen MR) is 113 cm³/mol. The molecular weight excluding hydrogens is 406 g/mol. The Bertz CT molecular complexity index is 773. The van der Waals surface area contributed by atoms with Gasteiger partial charge in [0, 0.05) is 34.9 Å². The van der Waals surface area contributed by atoms with Gasteiger partial charge < -0.3 is 15.5 Å². The smallest absolute Gasteiger partial charge is 0.253 e. The monoisotopic (exact) mass is 431 g/mol. The Morgan fingerprint density at radius 2 is 1.74 bits per heavy atom. The van der Waals surface area contributed by atoms with Crippen molar-refractivity contribution in [3.8, 4) is 0 Å². The molecule has 0 aliphatic heterocycles. The lowest BCUT2D eigenvalue weighted by molar-refractivity contribution is -0.115. The molecule has 0 saturated heterocycles. The molecule has 0 unspecified atom stereocenters. The second-order valence-corrected chi connectivity index (χ2v) is 7.18. The summed E-state index contributed by atoms with van der Waals surface area (Å²) < 4.78 is 1.02. The Morgan fingerprint density at radius 1 is 1.07 bits per heavy atom. The van der Waals surface area contributed by atoms with Gasteiger partial charge in [0.15, 0.2) is 0 Å². The van der Waals surface area contributed by atoms with Crippen LogP contribution in [0, 0.1) is 0 Å². The van der Waals surface area contributed by atoms with Crippen LogP contribution in [0.25, 0.3) is 0 Å². The van der Waals surface area contributed by atoms with Gasteiger partial charge in [0.25, 0.3) is 5.91 Å². The van der Waals surface area contributed by atoms with Crippen LogP contribution < -0.4 is 10.6 Å². The number of nitrogens with zero attached hydrogens (tertiary/aromatic N) is 1. The van der Waals surface area contributed by atoms with E-state index in [2.05, 4.69) is 26.6 Å². The van der Waals surface area contributed by atoms with Crippen molar-refractivity contribution in [3.05, 3.63) is 64.1 Å². The maximum Gasteiger partial charge on any atom is 0.253 e. The molecule has 2 aromatic rings. The largest absolute Gasteiger partial charge is 0.339 e. The molecule has 0 aliphatic carbocycles. The van der Waals surface area contributed by atoms with Crippen LogP contribution in [0.3, 0.4) is 0 Å². The highest BCUT2D eigenvalue weighted by Gasteiger charge is 2.13. The van der Waals surface area contributed by atoms with Gasteiger partial charge in [-0.05, 0) is 56.7 Å². The Balaban J connectivity index is 1.92. The first-order chi connectivity index (χ1) is 12.9. The van der Waals surface area contributed by atoms with Crippen molar-refractivity contribution < 1.29 is 9.59 Å². The van der Waals surface area contributed by atoms with Crippen LogP contribution in [-0.4, -0.2) is 36.3 Å². The number of hydrogen-bond acceptors (Lipinski definition) is 3. The van der Waals surface area contributed by atoms with Crippen LogP contribution in [-0.2, 0) is 4.79 Å². The lowest BCUT2D eigenvalue weighted by Crippen LogP contribution is -2.31. The first kappa shape index (κ1) is 21.1. The molecule has 0 spiro atoms. The van der Waals surface area contributed by atoms with Crippen molar-refractivity contribution in [1.82, 2.24) is 10.2 Å². The fraction of sp³-hybridized carbons (Fsp3) is 0.333. The van der Waals surface area contributed by atoms with Gasteiger partial charge >= 0.3 is 0 Å². The van der Waals surface area contributed by atoms with Crippen molar-refractivity contribution in [2.45, 2.75) is 26.8 Å². The summed E-state index contributed by atoms with van der Waals surface area (Å²) in [5.74, 6) is -0.176. The van der Waals surface area contributed by atoms with Gasteiger partial charge in [0.05, 0.1) is 6.54 Å². The zero-order chi connectivity index (χ0) is 19.8. The van der Waals surface area contributed by atoms with Crippen LogP contribution in [0.1, 0.15) is 42.7 Å². The van der Waals surface area contributed by atoms with Crippen molar-refractivity contribution in [2.24, 2.45) is 0 Å². The van der Waals surface area contributed by atoms with Gasteiger partial charge in [0.1, 0.15) is 0 Å². The minimum Gasteiger partial charge on any atom is -0.339 e. The zero-order valence-corrected chi connectivity index (χ0v) is 17.5. The molecule has 2 N–H and O–H groups in total. The van der Waals surface area contributed by atoms with E-state index in [1.165, 1.54) is 0 Å². The first-order valence-electron chi connectivity index (χ1n) is 9.12. The Hall–Kier alpha value is -2.18. The third kappa shape index (κ3) is 6.19. The summed E-state index contributed by atoms with van der Waals surface area (Å²) in [5.41, 5.74) is 2.31. The third-order valence-electron chi connectivity index (χ3n) is 4.38. The summed E-state index contributed by atoms with van der Waals surface area (Å²) in [4.78, 5) is 26.4. The lowest BCUT2D eigenvalue weighted by Gasteiger charge is -2.19. The maximum absolute atomic E-state index is 12.4. The highest BCUT2D eigenvalue weighted by Crippen LogP contribution is 2.16. The van der Waals surface area contributed by atoms with E-state index in [-0.39, 0.29) is 24.4 Å². The fourth-order valence-electron chi connectivity index (χ4n) is 2.74. The van der Waals surface area contributed by atoms with E-state index < -0.39 is 0 Å². The number of hydrogen-bond donors (Lipinski definition) is 2. The minimum absolute atomic E-state index is 0.0296. The Morgan fingerprint density at radius 3 is 2.37 bits per heavy atom. The number of halogens is 1. The van der Waals surface area contributed by atoms with Crippen LogP contribution >= 0.6 is 15.9 Å². The summed E-state index contributed by atoms with van der Waals surface area (Å²) in [5, 5.41) is 6.06. The Labute approximate surface area is 169 Å². The summed E-state index contributed by atoms with van der Waals surface area (Å²) in [6.07, 6.45) is 0. The van der Waals surface area contributed by atoms with Crippen molar-refractivity contribution in [1.29, 1.82) is 0 Å². The molecule has 2 amide bonds. The van der Waals surface area contributed by atoms with Gasteiger partial charge in [-0.1, -0.05) is 34.1 Å². The number of anilines is 1. The summed E-state index contributed by atoms with van der Waals surface area (Å²) >= 11 is 3.42. The molecule has 6 heteroatoms. The molecule has 0 fully saturated rings. The van der Waals surface area contributed by atoms with E-state index in [9.17, 15) is 9.59 Å². The number of benzene rings is 2. The van der Waals surface area contributed by atoms with Crippen molar-refractivity contribution in [2.75, 3.05) is 25.0 Å². The van der Waals surface area contributed by atoms with Gasteiger partial charge in [-0.15, -0.1) is 0 Å². The van der Waals surface area contributed by atoms with Crippen LogP contribution in [0.15, 0.2) is 53.0 Å². The second-order valence-electron chi connectivity index (χ2n) is 6.26. The molecule has 0 saturated carbocycles. The number of carbonyl (C=O) groups is 2. The molecule has 27 heavy (non-hydrogen) atoms. The third-order valence-corrected chi connectivity index (χ3v) is 4.91. The van der Waals surface area contributed by atoms with Gasteiger partial charge in [-0.2, -0.15) is 0 Å². The van der Waals surface area contributed by atoms with E-state index in [1.807, 2.05) is 45.0 Å². The van der Waals surface area contributed by atoms with E-state index >= 15 is 0 Å². The minimum atomic E-state index is -0.147. The molecule has 2 rings (SSSR count). The SMILES string of the molecule is CCN(CC)C(=O)c1cccc(NC(=O)CN[C@@H](C)c2ccc(Br)cc2)c1. The molecule has 0 heterocycles. The van der Waals surface area contributed by atoms with Gasteiger partial charge in [-0.25, -0.2) is 0 Å². The quantitative estimate of drug-likeness (QED) is 0.657. The molecule has 144 valence electrons. The maximum atomic E-state index is 12.4. The molecule has 5 nitrogen and oxygen atoms in total. The lowest BCUT2D eigenvalue weighted by atomic mass is 10.1. The molecule has 1 atom stereocenters. The summed E-state index contributed by atoms with van der Waals surface area (Å²) in [7, 11) is 0.